The van der Waals surface area contributed by atoms with Crippen molar-refractivity contribution < 1.29 is 19.6 Å². The molecule has 0 aliphatic heterocycles. The Balaban J connectivity index is 1.91. The molecule has 0 aliphatic carbocycles. The molecule has 3 aromatic rings. The number of hydrogen-bond donors (Lipinski definition) is 3. The number of aromatic nitrogens is 2. The fourth-order valence-corrected chi connectivity index (χ4v) is 3.34. The predicted octanol–water partition coefficient (Wildman–Crippen LogP) is 1.16. The van der Waals surface area contributed by atoms with Crippen molar-refractivity contribution in [1.29, 1.82) is 0 Å². The van der Waals surface area contributed by atoms with Gasteiger partial charge in [0.15, 0.2) is 0 Å². The summed E-state index contributed by atoms with van der Waals surface area (Å²) < 4.78 is 1.88. The van der Waals surface area contributed by atoms with E-state index in [1.165, 1.54) is 18.2 Å². The Labute approximate surface area is 169 Å². The van der Waals surface area contributed by atoms with Crippen molar-refractivity contribution in [3.05, 3.63) is 82.9 Å². The van der Waals surface area contributed by atoms with Crippen LogP contribution in [-0.2, 0) is 6.54 Å². The van der Waals surface area contributed by atoms with Crippen molar-refractivity contribution in [2.75, 3.05) is 0 Å². The highest BCUT2D eigenvalue weighted by molar-refractivity contribution is 6.60. The number of rotatable bonds is 7. The number of benzene rings is 2. The van der Waals surface area contributed by atoms with Crippen LogP contribution < -0.4 is 10.8 Å². The first-order chi connectivity index (χ1) is 13.9. The summed E-state index contributed by atoms with van der Waals surface area (Å²) in [6.45, 7) is 4.50. The predicted molar refractivity (Wildman–Crippen MR) is 110 cm³/mol. The fourth-order valence-electron chi connectivity index (χ4n) is 3.34. The van der Waals surface area contributed by atoms with Gasteiger partial charge in [-0.1, -0.05) is 29.8 Å². The Morgan fingerprint density at radius 3 is 2.66 bits per heavy atom. The zero-order valence-electron chi connectivity index (χ0n) is 16.2. The molecule has 8 heteroatoms. The van der Waals surface area contributed by atoms with Crippen LogP contribution in [0.5, 0.6) is 0 Å². The van der Waals surface area contributed by atoms with Crippen LogP contribution in [0.1, 0.15) is 43.4 Å². The third-order valence-corrected chi connectivity index (χ3v) is 4.81. The topological polar surface area (TPSA) is 104 Å². The lowest BCUT2D eigenvalue weighted by Gasteiger charge is -2.22. The molecule has 3 N–H and O–H groups in total. The van der Waals surface area contributed by atoms with Crippen molar-refractivity contribution in [1.82, 2.24) is 14.9 Å². The van der Waals surface area contributed by atoms with Gasteiger partial charge in [-0.05, 0) is 42.6 Å². The molecule has 0 saturated heterocycles. The zero-order valence-corrected chi connectivity index (χ0v) is 16.2. The van der Waals surface area contributed by atoms with Crippen LogP contribution in [0.25, 0.3) is 0 Å². The van der Waals surface area contributed by atoms with E-state index in [0.717, 1.165) is 16.7 Å². The second kappa shape index (κ2) is 8.85. The second-order valence-electron chi connectivity index (χ2n) is 6.98. The summed E-state index contributed by atoms with van der Waals surface area (Å²) in [5.41, 5.74) is 3.55. The molecule has 1 heterocycles. The molecule has 0 aliphatic rings. The van der Waals surface area contributed by atoms with E-state index in [4.69, 9.17) is 0 Å². The molecule has 1 atom stereocenters. The SMILES string of the molecule is Cc1ccc(C(Cn2ccnc2)NC(=O)c2ccc(B(O)O)c(C=O)c2)c(C)c1. The number of carbonyl (C=O) groups excluding carboxylic acids is 2. The Hall–Kier alpha value is -3.23. The maximum absolute atomic E-state index is 12.9. The number of imidazole rings is 1. The molecule has 1 aromatic heterocycles. The Morgan fingerprint density at radius 2 is 2.03 bits per heavy atom. The average molecular weight is 391 g/mol. The number of carbonyl (C=O) groups is 2. The Kier molecular flexibility index (Phi) is 6.26. The molecule has 1 amide bonds. The van der Waals surface area contributed by atoms with E-state index in [1.807, 2.05) is 36.7 Å². The molecule has 1 unspecified atom stereocenters. The van der Waals surface area contributed by atoms with Gasteiger partial charge in [0.1, 0.15) is 6.29 Å². The molecule has 0 spiro atoms. The van der Waals surface area contributed by atoms with Crippen molar-refractivity contribution in [3.8, 4) is 0 Å². The molecular formula is C21H22BN3O4. The largest absolute Gasteiger partial charge is 0.489 e. The minimum absolute atomic E-state index is 0.0564. The molecule has 2 aromatic carbocycles. The van der Waals surface area contributed by atoms with Crippen LogP contribution in [0.4, 0.5) is 0 Å². The average Bonchev–Trinajstić information content (AvgIpc) is 3.20. The number of amides is 1. The van der Waals surface area contributed by atoms with Gasteiger partial charge in [-0.2, -0.15) is 0 Å². The van der Waals surface area contributed by atoms with Crippen LogP contribution in [0.15, 0.2) is 55.1 Å². The molecule has 7 nitrogen and oxygen atoms in total. The number of nitrogens with one attached hydrogen (secondary N) is 1. The van der Waals surface area contributed by atoms with E-state index < -0.39 is 7.12 Å². The van der Waals surface area contributed by atoms with Gasteiger partial charge >= 0.3 is 7.12 Å². The number of aryl methyl sites for hydroxylation is 2. The fraction of sp³-hybridized carbons (Fsp3) is 0.190. The molecule has 29 heavy (non-hydrogen) atoms. The first-order valence-electron chi connectivity index (χ1n) is 9.18. The van der Waals surface area contributed by atoms with Gasteiger partial charge in [0.2, 0.25) is 0 Å². The molecule has 3 rings (SSSR count). The number of nitrogens with zero attached hydrogens (tertiary/aromatic N) is 2. The number of hydrogen-bond acceptors (Lipinski definition) is 5. The second-order valence-corrected chi connectivity index (χ2v) is 6.98. The van der Waals surface area contributed by atoms with E-state index in [2.05, 4.69) is 16.4 Å². The molecule has 0 bridgehead atoms. The quantitative estimate of drug-likeness (QED) is 0.414. The third kappa shape index (κ3) is 4.79. The van der Waals surface area contributed by atoms with Crippen molar-refractivity contribution in [3.63, 3.8) is 0 Å². The van der Waals surface area contributed by atoms with Gasteiger partial charge in [0, 0.05) is 30.1 Å². The highest BCUT2D eigenvalue weighted by atomic mass is 16.4. The molecule has 148 valence electrons. The van der Waals surface area contributed by atoms with Crippen LogP contribution in [0.3, 0.4) is 0 Å². The summed E-state index contributed by atoms with van der Waals surface area (Å²) in [6.07, 6.45) is 5.68. The van der Waals surface area contributed by atoms with E-state index >= 15 is 0 Å². The third-order valence-electron chi connectivity index (χ3n) is 4.81. The summed E-state index contributed by atoms with van der Waals surface area (Å²) >= 11 is 0. The normalized spacial score (nSPS) is 11.7. The minimum atomic E-state index is -1.78. The van der Waals surface area contributed by atoms with Gasteiger partial charge in [0.25, 0.3) is 5.91 Å². The van der Waals surface area contributed by atoms with E-state index in [-0.39, 0.29) is 28.5 Å². The molecule has 0 saturated carbocycles. The van der Waals surface area contributed by atoms with Crippen LogP contribution in [-0.4, -0.2) is 38.9 Å². The lowest BCUT2D eigenvalue weighted by Crippen LogP contribution is -2.35. The minimum Gasteiger partial charge on any atom is -0.423 e. The Bertz CT molecular complexity index is 1020. The first-order valence-corrected chi connectivity index (χ1v) is 9.18. The van der Waals surface area contributed by atoms with Gasteiger partial charge in [-0.3, -0.25) is 9.59 Å². The molecule has 0 radical (unpaired) electrons. The van der Waals surface area contributed by atoms with Crippen LogP contribution in [0.2, 0.25) is 0 Å². The van der Waals surface area contributed by atoms with Crippen LogP contribution in [0, 0.1) is 13.8 Å². The van der Waals surface area contributed by atoms with Gasteiger partial charge in [-0.25, -0.2) is 4.98 Å². The monoisotopic (exact) mass is 391 g/mol. The summed E-state index contributed by atoms with van der Waals surface area (Å²) in [5, 5.41) is 21.7. The zero-order chi connectivity index (χ0) is 21.0. The van der Waals surface area contributed by atoms with E-state index in [1.54, 1.807) is 12.5 Å². The molecular weight excluding hydrogens is 369 g/mol. The standard InChI is InChI=1S/C21H22BN3O4/c1-14-3-5-18(15(2)9-14)20(11-25-8-7-23-13-25)24-21(27)16-4-6-19(22(28)29)17(10-16)12-26/h3-10,12-13,20,28-29H,11H2,1-2H3,(H,24,27). The van der Waals surface area contributed by atoms with Gasteiger partial charge < -0.3 is 19.9 Å². The Morgan fingerprint density at radius 1 is 1.24 bits per heavy atom. The lowest BCUT2D eigenvalue weighted by molar-refractivity contribution is 0.0932. The smallest absolute Gasteiger partial charge is 0.423 e. The van der Waals surface area contributed by atoms with Crippen LogP contribution >= 0.6 is 0 Å². The summed E-state index contributed by atoms with van der Waals surface area (Å²) in [7, 11) is -1.78. The maximum atomic E-state index is 12.9. The highest BCUT2D eigenvalue weighted by Crippen LogP contribution is 2.21. The lowest BCUT2D eigenvalue weighted by atomic mass is 9.77. The van der Waals surface area contributed by atoms with E-state index in [0.29, 0.717) is 12.8 Å². The maximum Gasteiger partial charge on any atom is 0.489 e. The summed E-state index contributed by atoms with van der Waals surface area (Å²) in [6, 6.07) is 9.92. The van der Waals surface area contributed by atoms with Gasteiger partial charge in [0.05, 0.1) is 12.4 Å². The van der Waals surface area contributed by atoms with Gasteiger partial charge in [-0.15, -0.1) is 0 Å². The van der Waals surface area contributed by atoms with Crippen molar-refractivity contribution in [2.24, 2.45) is 0 Å². The molecule has 0 fully saturated rings. The summed E-state index contributed by atoms with van der Waals surface area (Å²) in [4.78, 5) is 28.2. The number of aldehydes is 1. The van der Waals surface area contributed by atoms with Crippen molar-refractivity contribution in [2.45, 2.75) is 26.4 Å². The highest BCUT2D eigenvalue weighted by Gasteiger charge is 2.21. The van der Waals surface area contributed by atoms with Crippen molar-refractivity contribution >= 4 is 24.8 Å². The first kappa shape index (κ1) is 20.5. The van der Waals surface area contributed by atoms with E-state index in [9.17, 15) is 19.6 Å². The summed E-state index contributed by atoms with van der Waals surface area (Å²) in [5.74, 6) is -0.364.